The van der Waals surface area contributed by atoms with Gasteiger partial charge < -0.3 is 10.1 Å². The molecule has 19 heavy (non-hydrogen) atoms. The normalized spacial score (nSPS) is 27.0. The summed E-state index contributed by atoms with van der Waals surface area (Å²) in [5, 5.41) is 3.56. The molecular weight excluding hydrogens is 281 g/mol. The molecule has 0 aromatic carbocycles. The molecule has 4 heteroatoms. The minimum atomic E-state index is -0.130. The van der Waals surface area contributed by atoms with Gasteiger partial charge in [0.2, 0.25) is 0 Å². The Kier molecular flexibility index (Phi) is 5.83. The summed E-state index contributed by atoms with van der Waals surface area (Å²) in [7, 11) is 0. The van der Waals surface area contributed by atoms with Crippen LogP contribution in [-0.2, 0) is 4.74 Å². The highest BCUT2D eigenvalue weighted by atomic mass is 35.5. The van der Waals surface area contributed by atoms with Gasteiger partial charge in [-0.25, -0.2) is 0 Å². The number of nitrogens with one attached hydrogen (secondary N) is 1. The Morgan fingerprint density at radius 2 is 1.84 bits per heavy atom. The van der Waals surface area contributed by atoms with E-state index in [1.165, 1.54) is 44.9 Å². The van der Waals surface area contributed by atoms with E-state index in [1.807, 2.05) is 0 Å². The lowest BCUT2D eigenvalue weighted by molar-refractivity contribution is -0.0637. The van der Waals surface area contributed by atoms with E-state index < -0.39 is 0 Å². The molecule has 1 N–H and O–H groups in total. The molecule has 0 radical (unpaired) electrons. The van der Waals surface area contributed by atoms with Crippen molar-refractivity contribution in [2.75, 3.05) is 18.3 Å². The van der Waals surface area contributed by atoms with E-state index in [0.29, 0.717) is 17.9 Å². The monoisotopic (exact) mass is 307 g/mol. The largest absolute Gasteiger partial charge is 0.370 e. The first-order valence-electron chi connectivity index (χ1n) is 7.72. The Bertz CT molecular complexity index is 267. The van der Waals surface area contributed by atoms with Crippen LogP contribution >= 0.6 is 23.2 Å². The van der Waals surface area contributed by atoms with Crippen molar-refractivity contribution >= 4 is 23.2 Å². The van der Waals surface area contributed by atoms with Crippen LogP contribution in [0, 0.1) is 0 Å². The Balaban J connectivity index is 1.81. The summed E-state index contributed by atoms with van der Waals surface area (Å²) < 4.78 is 6.37. The third-order valence-corrected chi connectivity index (χ3v) is 6.02. The number of rotatable bonds is 6. The lowest BCUT2D eigenvalue weighted by atomic mass is 9.83. The fourth-order valence-corrected chi connectivity index (χ4v) is 4.23. The van der Waals surface area contributed by atoms with Gasteiger partial charge in [0.05, 0.1) is 11.7 Å². The summed E-state index contributed by atoms with van der Waals surface area (Å²) in [5.41, 5.74) is 0.0796. The van der Waals surface area contributed by atoms with Crippen LogP contribution in [0.25, 0.3) is 0 Å². The summed E-state index contributed by atoms with van der Waals surface area (Å²) in [5.74, 6) is 1.12. The predicted octanol–water partition coefficient (Wildman–Crippen LogP) is 4.08. The summed E-state index contributed by atoms with van der Waals surface area (Å²) in [6, 6.07) is 0. The standard InChI is InChI=1S/C15H27Cl2NO/c1-2-14(11-16,12-17)18-10-13-6-9-15(19-13)7-4-3-5-8-15/h13,18H,2-12H2,1H3. The van der Waals surface area contributed by atoms with Crippen LogP contribution < -0.4 is 5.32 Å². The second kappa shape index (κ2) is 6.98. The van der Waals surface area contributed by atoms with Crippen LogP contribution in [0.15, 0.2) is 0 Å². The van der Waals surface area contributed by atoms with Crippen molar-refractivity contribution in [1.82, 2.24) is 5.32 Å². The molecule has 1 heterocycles. The van der Waals surface area contributed by atoms with Crippen LogP contribution in [0.3, 0.4) is 0 Å². The van der Waals surface area contributed by atoms with Crippen LogP contribution in [0.1, 0.15) is 58.3 Å². The van der Waals surface area contributed by atoms with E-state index in [9.17, 15) is 0 Å². The fraction of sp³-hybridized carbons (Fsp3) is 1.00. The van der Waals surface area contributed by atoms with Crippen molar-refractivity contribution < 1.29 is 4.74 Å². The highest BCUT2D eigenvalue weighted by Crippen LogP contribution is 2.41. The average molecular weight is 308 g/mol. The average Bonchev–Trinajstić information content (AvgIpc) is 2.85. The first-order chi connectivity index (χ1) is 9.17. The van der Waals surface area contributed by atoms with Crippen molar-refractivity contribution in [1.29, 1.82) is 0 Å². The van der Waals surface area contributed by atoms with Crippen LogP contribution in [0.5, 0.6) is 0 Å². The van der Waals surface area contributed by atoms with Crippen molar-refractivity contribution in [2.45, 2.75) is 75.5 Å². The first kappa shape index (κ1) is 15.9. The minimum absolute atomic E-state index is 0.130. The zero-order valence-corrected chi connectivity index (χ0v) is 13.5. The van der Waals surface area contributed by atoms with E-state index in [2.05, 4.69) is 12.2 Å². The summed E-state index contributed by atoms with van der Waals surface area (Å²) in [6.07, 6.45) is 10.3. The topological polar surface area (TPSA) is 21.3 Å². The maximum Gasteiger partial charge on any atom is 0.0708 e. The highest BCUT2D eigenvalue weighted by molar-refractivity contribution is 6.22. The molecule has 2 nitrogen and oxygen atoms in total. The predicted molar refractivity (Wildman–Crippen MR) is 82.4 cm³/mol. The quantitative estimate of drug-likeness (QED) is 0.746. The molecule has 1 saturated carbocycles. The number of ether oxygens (including phenoxy) is 1. The molecule has 1 unspecified atom stereocenters. The molecule has 0 aromatic heterocycles. The van der Waals surface area contributed by atoms with E-state index in [0.717, 1.165) is 13.0 Å². The van der Waals surface area contributed by atoms with Gasteiger partial charge in [0, 0.05) is 23.8 Å². The fourth-order valence-electron chi connectivity index (χ4n) is 3.38. The molecule has 1 atom stereocenters. The van der Waals surface area contributed by atoms with Gasteiger partial charge >= 0.3 is 0 Å². The molecule has 1 aliphatic carbocycles. The second-order valence-corrected chi connectivity index (χ2v) is 6.84. The Hall–Kier alpha value is 0.500. The zero-order chi connectivity index (χ0) is 13.8. The SMILES string of the molecule is CCC(CCl)(CCl)NCC1CCC2(CCCCC2)O1. The van der Waals surface area contributed by atoms with Crippen molar-refractivity contribution in [3.63, 3.8) is 0 Å². The summed E-state index contributed by atoms with van der Waals surface area (Å²) >= 11 is 12.1. The van der Waals surface area contributed by atoms with E-state index >= 15 is 0 Å². The Morgan fingerprint density at radius 1 is 1.16 bits per heavy atom. The maximum absolute atomic E-state index is 6.37. The molecule has 0 bridgehead atoms. The number of hydrogen-bond acceptors (Lipinski definition) is 2. The van der Waals surface area contributed by atoms with Gasteiger partial charge in [-0.15, -0.1) is 23.2 Å². The summed E-state index contributed by atoms with van der Waals surface area (Å²) in [4.78, 5) is 0. The van der Waals surface area contributed by atoms with Gasteiger partial charge in [0.15, 0.2) is 0 Å². The van der Waals surface area contributed by atoms with E-state index in [4.69, 9.17) is 27.9 Å². The van der Waals surface area contributed by atoms with Gasteiger partial charge in [0.1, 0.15) is 0 Å². The van der Waals surface area contributed by atoms with Crippen molar-refractivity contribution in [2.24, 2.45) is 0 Å². The third kappa shape index (κ3) is 3.78. The minimum Gasteiger partial charge on any atom is -0.370 e. The van der Waals surface area contributed by atoms with E-state index in [-0.39, 0.29) is 11.1 Å². The number of halogens is 2. The third-order valence-electron chi connectivity index (χ3n) is 5.00. The van der Waals surface area contributed by atoms with Gasteiger partial charge in [-0.05, 0) is 32.1 Å². The van der Waals surface area contributed by atoms with E-state index in [1.54, 1.807) is 0 Å². The molecule has 112 valence electrons. The second-order valence-electron chi connectivity index (χ2n) is 6.30. The molecule has 0 amide bonds. The molecule has 2 fully saturated rings. The van der Waals surface area contributed by atoms with Gasteiger partial charge in [-0.2, -0.15) is 0 Å². The molecule has 1 aliphatic heterocycles. The smallest absolute Gasteiger partial charge is 0.0708 e. The lowest BCUT2D eigenvalue weighted by Gasteiger charge is -2.35. The molecule has 2 rings (SSSR count). The summed E-state index contributed by atoms with van der Waals surface area (Å²) in [6.45, 7) is 3.02. The number of hydrogen-bond donors (Lipinski definition) is 1. The molecule has 1 saturated heterocycles. The van der Waals surface area contributed by atoms with Crippen molar-refractivity contribution in [3.8, 4) is 0 Å². The first-order valence-corrected chi connectivity index (χ1v) is 8.79. The zero-order valence-electron chi connectivity index (χ0n) is 12.0. The Morgan fingerprint density at radius 3 is 2.42 bits per heavy atom. The van der Waals surface area contributed by atoms with Gasteiger partial charge in [-0.1, -0.05) is 26.2 Å². The van der Waals surface area contributed by atoms with Crippen LogP contribution in [0.2, 0.25) is 0 Å². The lowest BCUT2D eigenvalue weighted by Crippen LogP contribution is -2.51. The molecule has 0 aromatic rings. The molecule has 2 aliphatic rings. The maximum atomic E-state index is 6.37. The van der Waals surface area contributed by atoms with Crippen LogP contribution in [0.4, 0.5) is 0 Å². The van der Waals surface area contributed by atoms with Gasteiger partial charge in [-0.3, -0.25) is 0 Å². The number of alkyl halides is 2. The van der Waals surface area contributed by atoms with Gasteiger partial charge in [0.25, 0.3) is 0 Å². The highest BCUT2D eigenvalue weighted by Gasteiger charge is 2.41. The molecular formula is C15H27Cl2NO. The molecule has 1 spiro atoms. The van der Waals surface area contributed by atoms with Crippen LogP contribution in [-0.4, -0.2) is 35.5 Å². The van der Waals surface area contributed by atoms with Crippen molar-refractivity contribution in [3.05, 3.63) is 0 Å². The Labute approximate surface area is 127 Å².